The van der Waals surface area contributed by atoms with E-state index in [1.165, 1.54) is 15.8 Å². The van der Waals surface area contributed by atoms with E-state index in [1.54, 1.807) is 6.07 Å². The Morgan fingerprint density at radius 2 is 1.97 bits per heavy atom. The smallest absolute Gasteiger partial charge is 0.406 e. The van der Waals surface area contributed by atoms with Crippen LogP contribution in [-0.2, 0) is 22.6 Å². The summed E-state index contributed by atoms with van der Waals surface area (Å²) in [5.74, 6) is -3.09. The lowest BCUT2D eigenvalue weighted by Gasteiger charge is -2.28. The number of carbonyl (C=O) groups excluding carboxylic acids is 3. The fourth-order valence-electron chi connectivity index (χ4n) is 4.92. The third kappa shape index (κ3) is 4.73. The van der Waals surface area contributed by atoms with E-state index in [4.69, 9.17) is 5.73 Å². The van der Waals surface area contributed by atoms with Crippen molar-refractivity contribution in [2.45, 2.75) is 51.2 Å². The highest BCUT2D eigenvalue weighted by atomic mass is 19.4. The van der Waals surface area contributed by atoms with Gasteiger partial charge >= 0.3 is 6.36 Å². The quantitative estimate of drug-likeness (QED) is 0.367. The number of hydrogen-bond donors (Lipinski definition) is 1. The number of pyridine rings is 1. The second-order valence-corrected chi connectivity index (χ2v) is 9.20. The minimum absolute atomic E-state index is 0.00511. The van der Waals surface area contributed by atoms with Gasteiger partial charge in [0.15, 0.2) is 5.69 Å². The Balaban J connectivity index is 1.38. The van der Waals surface area contributed by atoms with Crippen molar-refractivity contribution in [1.29, 1.82) is 0 Å². The number of anilines is 1. The zero-order valence-corrected chi connectivity index (χ0v) is 20.0. The van der Waals surface area contributed by atoms with Crippen LogP contribution in [0.15, 0.2) is 36.5 Å². The van der Waals surface area contributed by atoms with Gasteiger partial charge in [-0.15, -0.1) is 18.3 Å². The van der Waals surface area contributed by atoms with Crippen molar-refractivity contribution in [3.05, 3.63) is 47.9 Å². The predicted octanol–water partition coefficient (Wildman–Crippen LogP) is 2.90. The summed E-state index contributed by atoms with van der Waals surface area (Å²) in [6.45, 7) is 1.53. The molecular formula is C24H22F4N6O4. The summed E-state index contributed by atoms with van der Waals surface area (Å²) in [5.41, 5.74) is 6.07. The first-order valence-corrected chi connectivity index (χ1v) is 11.8. The number of halogens is 4. The van der Waals surface area contributed by atoms with Crippen LogP contribution in [-0.4, -0.2) is 55.8 Å². The van der Waals surface area contributed by atoms with E-state index in [0.717, 1.165) is 24.3 Å². The van der Waals surface area contributed by atoms with E-state index in [0.29, 0.717) is 29.4 Å². The molecule has 0 unspecified atom stereocenters. The molecule has 3 heterocycles. The van der Waals surface area contributed by atoms with Crippen LogP contribution in [0.2, 0.25) is 0 Å². The number of fused-ring (bicyclic) bond motifs is 2. The van der Waals surface area contributed by atoms with Gasteiger partial charge in [-0.2, -0.15) is 5.10 Å². The van der Waals surface area contributed by atoms with E-state index >= 15 is 4.48 Å². The normalized spacial score (nSPS) is 20.3. The van der Waals surface area contributed by atoms with Gasteiger partial charge in [0.2, 0.25) is 5.91 Å². The molecule has 2 aliphatic rings. The molecule has 3 amide bonds. The van der Waals surface area contributed by atoms with Crippen molar-refractivity contribution in [2.75, 3.05) is 5.12 Å². The standard InChI is InChI=1S/C24H22F4N6O4/c1-2-13-8-16-19(10-30-13)32(31-21(16)22(29)36)11-20(35)33-17-6-12(17)7-18(33)23(37)34(28)14-4-3-5-15(9-14)38-24(25,26)27/h3-5,8-10,12,17-18H,2,6-7,11H2,1H3,(H2,29,36)/t12-,17-,18+/m1/s1. The maximum atomic E-state index is 15.1. The van der Waals surface area contributed by atoms with Gasteiger partial charge in [-0.05, 0) is 43.4 Å². The monoisotopic (exact) mass is 534 g/mol. The number of amides is 3. The SMILES string of the molecule is CCc1cc2c(C(N)=O)nn(CC(=O)N3[C@@H]4C[C@@H]4C[C@H]3C(=O)N(F)c3cccc(OC(F)(F)F)c3)c2cn1. The van der Waals surface area contributed by atoms with Gasteiger partial charge in [0, 0.05) is 23.2 Å². The molecule has 5 rings (SSSR count). The third-order valence-electron chi connectivity index (χ3n) is 6.72. The van der Waals surface area contributed by atoms with Gasteiger partial charge in [0.25, 0.3) is 11.8 Å². The first-order valence-electron chi connectivity index (χ1n) is 11.8. The molecule has 0 spiro atoms. The van der Waals surface area contributed by atoms with E-state index < -0.39 is 41.6 Å². The predicted molar refractivity (Wildman–Crippen MR) is 124 cm³/mol. The number of carbonyl (C=O) groups is 3. The number of aromatic nitrogens is 3. The summed E-state index contributed by atoms with van der Waals surface area (Å²) in [6, 6.07) is 4.18. The molecule has 1 aliphatic heterocycles. The van der Waals surface area contributed by atoms with Crippen LogP contribution in [0.25, 0.3) is 10.9 Å². The second kappa shape index (κ2) is 9.26. The molecule has 1 aliphatic carbocycles. The number of ether oxygens (including phenoxy) is 1. The number of piperidine rings is 1. The second-order valence-electron chi connectivity index (χ2n) is 9.20. The van der Waals surface area contributed by atoms with Crippen molar-refractivity contribution in [3.8, 4) is 5.75 Å². The van der Waals surface area contributed by atoms with E-state index in [1.807, 2.05) is 6.92 Å². The molecule has 1 saturated heterocycles. The van der Waals surface area contributed by atoms with E-state index in [9.17, 15) is 27.6 Å². The van der Waals surface area contributed by atoms with Crippen LogP contribution in [0.4, 0.5) is 23.3 Å². The lowest BCUT2D eigenvalue weighted by molar-refractivity contribution is -0.274. The molecule has 1 saturated carbocycles. The molecule has 14 heteroatoms. The molecule has 3 aromatic rings. The number of benzene rings is 1. The van der Waals surface area contributed by atoms with Crippen molar-refractivity contribution < 1.29 is 36.8 Å². The number of likely N-dealkylation sites (tertiary alicyclic amines) is 1. The molecule has 0 radical (unpaired) electrons. The van der Waals surface area contributed by atoms with Crippen LogP contribution in [0.3, 0.4) is 0 Å². The molecule has 0 bridgehead atoms. The number of nitrogens with zero attached hydrogens (tertiary/aromatic N) is 5. The Labute approximate surface area is 212 Å². The zero-order chi connectivity index (χ0) is 27.4. The summed E-state index contributed by atoms with van der Waals surface area (Å²) in [4.78, 5) is 44.0. The first-order chi connectivity index (χ1) is 18.0. The average Bonchev–Trinajstić information content (AvgIpc) is 3.37. The van der Waals surface area contributed by atoms with Crippen LogP contribution in [0, 0.1) is 5.92 Å². The van der Waals surface area contributed by atoms with Crippen molar-refractivity contribution in [1.82, 2.24) is 19.7 Å². The van der Waals surface area contributed by atoms with Gasteiger partial charge in [0.1, 0.15) is 18.3 Å². The first kappa shape index (κ1) is 25.4. The number of aryl methyl sites for hydroxylation is 1. The fourth-order valence-corrected chi connectivity index (χ4v) is 4.92. The Bertz CT molecular complexity index is 1440. The molecule has 200 valence electrons. The average molecular weight is 534 g/mol. The van der Waals surface area contributed by atoms with Gasteiger partial charge in [-0.1, -0.05) is 17.5 Å². The Morgan fingerprint density at radius 1 is 1.21 bits per heavy atom. The molecule has 1 aromatic carbocycles. The molecular weight excluding hydrogens is 512 g/mol. The number of alkyl halides is 3. The number of nitrogens with two attached hydrogens (primary N) is 1. The van der Waals surface area contributed by atoms with Crippen molar-refractivity contribution in [2.24, 2.45) is 11.7 Å². The number of primary amides is 1. The van der Waals surface area contributed by atoms with E-state index in [2.05, 4.69) is 14.8 Å². The summed E-state index contributed by atoms with van der Waals surface area (Å²) in [6.07, 6.45) is -2.05. The number of rotatable bonds is 7. The summed E-state index contributed by atoms with van der Waals surface area (Å²) >= 11 is 0. The highest BCUT2D eigenvalue weighted by Gasteiger charge is 2.57. The fraction of sp³-hybridized carbons (Fsp3) is 0.375. The maximum absolute atomic E-state index is 15.1. The van der Waals surface area contributed by atoms with Crippen molar-refractivity contribution >= 4 is 34.3 Å². The van der Waals surface area contributed by atoms with Gasteiger partial charge in [-0.3, -0.25) is 24.0 Å². The number of hydrogen-bond acceptors (Lipinski definition) is 6. The molecule has 38 heavy (non-hydrogen) atoms. The minimum atomic E-state index is -4.99. The van der Waals surface area contributed by atoms with Gasteiger partial charge < -0.3 is 15.4 Å². The molecule has 2 aromatic heterocycles. The molecule has 2 N–H and O–H groups in total. The van der Waals surface area contributed by atoms with Crippen LogP contribution >= 0.6 is 0 Å². The van der Waals surface area contributed by atoms with Crippen LogP contribution in [0.5, 0.6) is 5.75 Å². The minimum Gasteiger partial charge on any atom is -0.406 e. The molecule has 3 atom stereocenters. The maximum Gasteiger partial charge on any atom is 0.573 e. The third-order valence-corrected chi connectivity index (χ3v) is 6.72. The summed E-state index contributed by atoms with van der Waals surface area (Å²) in [5, 5.41) is 4.35. The largest absolute Gasteiger partial charge is 0.573 e. The summed E-state index contributed by atoms with van der Waals surface area (Å²) < 4.78 is 57.8. The Morgan fingerprint density at radius 3 is 2.66 bits per heavy atom. The van der Waals surface area contributed by atoms with Crippen molar-refractivity contribution in [3.63, 3.8) is 0 Å². The highest BCUT2D eigenvalue weighted by molar-refractivity contribution is 6.04. The lowest BCUT2D eigenvalue weighted by atomic mass is 10.1. The highest BCUT2D eigenvalue weighted by Crippen LogP contribution is 2.48. The summed E-state index contributed by atoms with van der Waals surface area (Å²) in [7, 11) is 0. The van der Waals surface area contributed by atoms with Gasteiger partial charge in [-0.25, -0.2) is 0 Å². The molecule has 2 fully saturated rings. The van der Waals surface area contributed by atoms with Crippen LogP contribution < -0.4 is 15.6 Å². The van der Waals surface area contributed by atoms with Gasteiger partial charge in [0.05, 0.1) is 17.4 Å². The molecule has 10 nitrogen and oxygen atoms in total. The Hall–Kier alpha value is -4.23. The van der Waals surface area contributed by atoms with Crippen LogP contribution in [0.1, 0.15) is 35.9 Å². The topological polar surface area (TPSA) is 124 Å². The lowest BCUT2D eigenvalue weighted by Crippen LogP contribution is -2.48. The van der Waals surface area contributed by atoms with E-state index in [-0.39, 0.29) is 35.7 Å². The Kier molecular flexibility index (Phi) is 6.19. The zero-order valence-electron chi connectivity index (χ0n) is 20.0.